The molecule has 0 saturated carbocycles. The molecule has 1 rings (SSSR count). The molecule has 0 aliphatic carbocycles. The van der Waals surface area contributed by atoms with Crippen molar-refractivity contribution in [3.05, 3.63) is 18.2 Å². The molecule has 0 aliphatic rings. The molecule has 0 unspecified atom stereocenters. The van der Waals surface area contributed by atoms with E-state index in [2.05, 4.69) is 0 Å². The molecule has 0 bridgehead atoms. The van der Waals surface area contributed by atoms with Crippen molar-refractivity contribution in [3.8, 4) is 5.75 Å². The van der Waals surface area contributed by atoms with Crippen LogP contribution < -0.4 is 10.5 Å². The van der Waals surface area contributed by atoms with Gasteiger partial charge in [-0.2, -0.15) is 0 Å². The maximum absolute atomic E-state index is 11.1. The van der Waals surface area contributed by atoms with Crippen LogP contribution in [0, 0.1) is 0 Å². The lowest BCUT2D eigenvalue weighted by Gasteiger charge is -2.04. The van der Waals surface area contributed by atoms with E-state index >= 15 is 0 Å². The maximum Gasteiger partial charge on any atom is 0.175 e. The number of hydrogen-bond donors (Lipinski definition) is 1. The lowest BCUT2D eigenvalue weighted by atomic mass is 10.3. The van der Waals surface area contributed by atoms with Gasteiger partial charge in [0, 0.05) is 18.0 Å². The molecule has 0 fully saturated rings. The van der Waals surface area contributed by atoms with Gasteiger partial charge in [-0.15, -0.1) is 0 Å². The number of benzene rings is 1. The van der Waals surface area contributed by atoms with Crippen molar-refractivity contribution in [3.63, 3.8) is 0 Å². The molecule has 1 aromatic rings. The first-order valence-electron chi connectivity index (χ1n) is 3.58. The van der Waals surface area contributed by atoms with Crippen molar-refractivity contribution >= 4 is 15.5 Å². The average Bonchev–Trinajstić information content (AvgIpc) is 2.01. The summed E-state index contributed by atoms with van der Waals surface area (Å²) in [5.74, 6) is 0.445. The van der Waals surface area contributed by atoms with Crippen molar-refractivity contribution in [1.82, 2.24) is 0 Å². The summed E-state index contributed by atoms with van der Waals surface area (Å²) in [6.07, 6.45) is 1.13. The van der Waals surface area contributed by atoms with Crippen molar-refractivity contribution < 1.29 is 13.2 Å². The number of sulfone groups is 1. The molecule has 0 radical (unpaired) electrons. The van der Waals surface area contributed by atoms with E-state index in [1.54, 1.807) is 6.07 Å². The van der Waals surface area contributed by atoms with Crippen LogP contribution in [0.2, 0.25) is 0 Å². The molecule has 4 nitrogen and oxygen atoms in total. The van der Waals surface area contributed by atoms with Gasteiger partial charge in [-0.05, 0) is 12.1 Å². The van der Waals surface area contributed by atoms with Crippen LogP contribution in [0.1, 0.15) is 0 Å². The van der Waals surface area contributed by atoms with Gasteiger partial charge < -0.3 is 10.5 Å². The fourth-order valence-electron chi connectivity index (χ4n) is 0.926. The van der Waals surface area contributed by atoms with Crippen LogP contribution in [0.3, 0.4) is 0 Å². The highest BCUT2D eigenvalue weighted by molar-refractivity contribution is 7.90. The first kappa shape index (κ1) is 9.85. The van der Waals surface area contributed by atoms with Crippen molar-refractivity contribution in [2.75, 3.05) is 19.1 Å². The lowest BCUT2D eigenvalue weighted by Crippen LogP contribution is -1.99. The Bertz CT molecular complexity index is 411. The van der Waals surface area contributed by atoms with E-state index in [4.69, 9.17) is 10.5 Å². The zero-order valence-corrected chi connectivity index (χ0v) is 8.26. The Labute approximate surface area is 77.2 Å². The molecule has 2 N–H and O–H groups in total. The molecule has 0 amide bonds. The molecule has 0 heterocycles. The van der Waals surface area contributed by atoms with Crippen LogP contribution in [0.4, 0.5) is 5.69 Å². The second-order valence-corrected chi connectivity index (χ2v) is 4.73. The van der Waals surface area contributed by atoms with Crippen LogP contribution in [-0.4, -0.2) is 21.8 Å². The van der Waals surface area contributed by atoms with E-state index in [-0.39, 0.29) is 4.90 Å². The zero-order chi connectivity index (χ0) is 10.1. The number of rotatable bonds is 2. The van der Waals surface area contributed by atoms with Crippen LogP contribution in [0.5, 0.6) is 5.75 Å². The van der Waals surface area contributed by atoms with E-state index in [1.807, 2.05) is 0 Å². The monoisotopic (exact) mass is 201 g/mol. The van der Waals surface area contributed by atoms with Gasteiger partial charge in [0.25, 0.3) is 0 Å². The molecule has 0 aliphatic heterocycles. The van der Waals surface area contributed by atoms with Gasteiger partial charge in [-0.1, -0.05) is 0 Å². The normalized spacial score (nSPS) is 11.2. The summed E-state index contributed by atoms with van der Waals surface area (Å²) in [6.45, 7) is 0. The third kappa shape index (κ3) is 2.35. The maximum atomic E-state index is 11.1. The van der Waals surface area contributed by atoms with Crippen LogP contribution >= 0.6 is 0 Å². The van der Waals surface area contributed by atoms with E-state index in [1.165, 1.54) is 19.2 Å². The quantitative estimate of drug-likeness (QED) is 0.714. The molecule has 1 aromatic carbocycles. The van der Waals surface area contributed by atoms with Crippen molar-refractivity contribution in [2.45, 2.75) is 4.90 Å². The predicted molar refractivity (Wildman–Crippen MR) is 50.5 cm³/mol. The standard InChI is InChI=1S/C8H11NO3S/c1-12-7-3-6(9)4-8(5-7)13(2,10)11/h3-5H,9H2,1-2H3. The molecule has 5 heteroatoms. The summed E-state index contributed by atoms with van der Waals surface area (Å²) < 4.78 is 27.2. The van der Waals surface area contributed by atoms with Gasteiger partial charge >= 0.3 is 0 Å². The Morgan fingerprint density at radius 1 is 1.31 bits per heavy atom. The fraction of sp³-hybridized carbons (Fsp3) is 0.250. The summed E-state index contributed by atoms with van der Waals surface area (Å²) in [5.41, 5.74) is 5.86. The second-order valence-electron chi connectivity index (χ2n) is 2.71. The molecule has 0 aromatic heterocycles. The Morgan fingerprint density at radius 2 is 1.92 bits per heavy atom. The summed E-state index contributed by atoms with van der Waals surface area (Å²) in [5, 5.41) is 0. The molecule has 0 atom stereocenters. The Balaban J connectivity index is 3.33. The molecule has 72 valence electrons. The minimum absolute atomic E-state index is 0.171. The highest BCUT2D eigenvalue weighted by Gasteiger charge is 2.09. The highest BCUT2D eigenvalue weighted by atomic mass is 32.2. The Kier molecular flexibility index (Phi) is 2.47. The van der Waals surface area contributed by atoms with Gasteiger partial charge in [0.1, 0.15) is 5.75 Å². The van der Waals surface area contributed by atoms with Gasteiger partial charge in [-0.25, -0.2) is 8.42 Å². The zero-order valence-electron chi connectivity index (χ0n) is 7.44. The van der Waals surface area contributed by atoms with E-state index in [9.17, 15) is 8.42 Å². The van der Waals surface area contributed by atoms with Crippen LogP contribution in [0.25, 0.3) is 0 Å². The second kappa shape index (κ2) is 3.26. The largest absolute Gasteiger partial charge is 0.497 e. The SMILES string of the molecule is COc1cc(N)cc(S(C)(=O)=O)c1. The smallest absolute Gasteiger partial charge is 0.175 e. The minimum atomic E-state index is -3.22. The summed E-state index contributed by atoms with van der Waals surface area (Å²) in [6, 6.07) is 4.40. The minimum Gasteiger partial charge on any atom is -0.497 e. The van der Waals surface area contributed by atoms with E-state index in [0.29, 0.717) is 11.4 Å². The van der Waals surface area contributed by atoms with Crippen molar-refractivity contribution in [2.24, 2.45) is 0 Å². The highest BCUT2D eigenvalue weighted by Crippen LogP contribution is 2.21. The van der Waals surface area contributed by atoms with Gasteiger partial charge in [0.2, 0.25) is 0 Å². The predicted octanol–water partition coefficient (Wildman–Crippen LogP) is 0.681. The molecular formula is C8H11NO3S. The van der Waals surface area contributed by atoms with E-state index < -0.39 is 9.84 Å². The number of methoxy groups -OCH3 is 1. The molecule has 0 saturated heterocycles. The lowest BCUT2D eigenvalue weighted by molar-refractivity contribution is 0.413. The first-order valence-corrected chi connectivity index (χ1v) is 5.47. The number of hydrogen-bond acceptors (Lipinski definition) is 4. The summed E-state index contributed by atoms with van der Waals surface area (Å²) in [7, 11) is -1.76. The number of nitrogens with two attached hydrogens (primary N) is 1. The van der Waals surface area contributed by atoms with Crippen LogP contribution in [0.15, 0.2) is 23.1 Å². The Morgan fingerprint density at radius 3 is 2.38 bits per heavy atom. The summed E-state index contributed by atoms with van der Waals surface area (Å²) >= 11 is 0. The molecular weight excluding hydrogens is 190 g/mol. The fourth-order valence-corrected chi connectivity index (χ4v) is 1.61. The van der Waals surface area contributed by atoms with Gasteiger partial charge in [0.05, 0.1) is 12.0 Å². The number of anilines is 1. The average molecular weight is 201 g/mol. The first-order chi connectivity index (χ1) is 5.93. The Hall–Kier alpha value is -1.23. The van der Waals surface area contributed by atoms with Crippen LogP contribution in [-0.2, 0) is 9.84 Å². The molecule has 13 heavy (non-hydrogen) atoms. The summed E-state index contributed by atoms with van der Waals surface area (Å²) in [4.78, 5) is 0.171. The van der Waals surface area contributed by atoms with Gasteiger partial charge in [0.15, 0.2) is 9.84 Å². The van der Waals surface area contributed by atoms with Gasteiger partial charge in [-0.3, -0.25) is 0 Å². The number of ether oxygens (including phenoxy) is 1. The van der Waals surface area contributed by atoms with Crippen molar-refractivity contribution in [1.29, 1.82) is 0 Å². The third-order valence-corrected chi connectivity index (χ3v) is 2.66. The number of nitrogen functional groups attached to an aromatic ring is 1. The molecule has 0 spiro atoms. The third-order valence-electron chi connectivity index (χ3n) is 1.57. The topological polar surface area (TPSA) is 69.4 Å². The van der Waals surface area contributed by atoms with E-state index in [0.717, 1.165) is 6.26 Å².